The van der Waals surface area contributed by atoms with E-state index < -0.39 is 24.1 Å². The minimum absolute atomic E-state index is 0.107. The Balaban J connectivity index is 0.750. The Bertz CT molecular complexity index is 2650. The predicted molar refractivity (Wildman–Crippen MR) is 226 cm³/mol. The second kappa shape index (κ2) is 17.8. The molecule has 0 radical (unpaired) electrons. The summed E-state index contributed by atoms with van der Waals surface area (Å²) in [5, 5.41) is 17.7. The molecular formula is C48H43N5O9. The van der Waals surface area contributed by atoms with Gasteiger partial charge in [0.1, 0.15) is 42.4 Å². The maximum Gasteiger partial charge on any atom is 0.265 e. The van der Waals surface area contributed by atoms with Gasteiger partial charge in [0.05, 0.1) is 36.1 Å². The number of ether oxygens (including phenoxy) is 4. The molecule has 0 bridgehead atoms. The Morgan fingerprint density at radius 3 is 2.35 bits per heavy atom. The summed E-state index contributed by atoms with van der Waals surface area (Å²) in [5.41, 5.74) is 7.71. The van der Waals surface area contributed by atoms with Gasteiger partial charge < -0.3 is 29.4 Å². The molecule has 4 heterocycles. The normalized spacial score (nSPS) is 16.9. The zero-order chi connectivity index (χ0) is 42.6. The van der Waals surface area contributed by atoms with Gasteiger partial charge in [-0.2, -0.15) is 5.10 Å². The van der Waals surface area contributed by atoms with E-state index in [9.17, 15) is 24.3 Å². The number of aliphatic hydroxyl groups is 1. The Kier molecular flexibility index (Phi) is 11.6. The number of fused-ring (bicyclic) bond motifs is 2. The van der Waals surface area contributed by atoms with E-state index in [0.29, 0.717) is 50.8 Å². The largest absolute Gasteiger partial charge is 0.493 e. The lowest BCUT2D eigenvalue weighted by Gasteiger charge is -2.33. The molecule has 1 fully saturated rings. The van der Waals surface area contributed by atoms with Gasteiger partial charge in [-0.1, -0.05) is 42.5 Å². The highest BCUT2D eigenvalue weighted by atomic mass is 16.5. The number of nitrogens with one attached hydrogen (secondary N) is 1. The Morgan fingerprint density at radius 1 is 0.710 bits per heavy atom. The van der Waals surface area contributed by atoms with Gasteiger partial charge in [0.25, 0.3) is 11.8 Å². The molecule has 2 atom stereocenters. The molecular weight excluding hydrogens is 791 g/mol. The number of carbonyl (C=O) groups is 4. The molecule has 0 spiro atoms. The van der Waals surface area contributed by atoms with Crippen LogP contribution in [0.15, 0.2) is 116 Å². The number of imide groups is 1. The molecule has 2 unspecified atom stereocenters. The molecule has 2 aromatic heterocycles. The van der Waals surface area contributed by atoms with Crippen LogP contribution in [0.3, 0.4) is 0 Å². The van der Waals surface area contributed by atoms with Crippen molar-refractivity contribution in [2.75, 3.05) is 26.4 Å². The van der Waals surface area contributed by atoms with E-state index in [1.807, 2.05) is 83.7 Å². The van der Waals surface area contributed by atoms with E-state index in [2.05, 4.69) is 16.4 Å². The van der Waals surface area contributed by atoms with Gasteiger partial charge in [-0.15, -0.1) is 0 Å². The van der Waals surface area contributed by atoms with Crippen molar-refractivity contribution in [2.45, 2.75) is 51.0 Å². The van der Waals surface area contributed by atoms with Crippen LogP contribution in [0.5, 0.6) is 17.2 Å². The standard InChI is InChI=1S/C48H43N5O9/c54-40-17-10-31-27-32(9-15-36(31)40)38-28-52(51-45(38)30-19-21-49-22-20-30)34-11-13-35(14-12-34)62-29-33-5-1-2-7-41(33)61-26-25-59-23-4-24-60-42-8-3-6-37-44(42)48(58)53(47(37)57)39-16-18-43(55)50-46(39)56/h1-3,5-9,11-15,19-22,27-28,39,46,56H,4,10,16-18,23-26,29H2,(H,50,55). The topological polar surface area (TPSA) is 171 Å². The van der Waals surface area contributed by atoms with Gasteiger partial charge in [-0.05, 0) is 78.6 Å². The molecule has 3 amide bonds. The first-order valence-corrected chi connectivity index (χ1v) is 20.6. The van der Waals surface area contributed by atoms with E-state index in [1.54, 1.807) is 30.6 Å². The lowest BCUT2D eigenvalue weighted by Crippen LogP contribution is -2.57. The molecule has 2 aliphatic heterocycles. The van der Waals surface area contributed by atoms with Gasteiger partial charge in [0.15, 0.2) is 5.78 Å². The summed E-state index contributed by atoms with van der Waals surface area (Å²) in [4.78, 5) is 55.6. The predicted octanol–water partition coefficient (Wildman–Crippen LogP) is 6.37. The fourth-order valence-corrected chi connectivity index (χ4v) is 8.07. The number of rotatable bonds is 16. The molecule has 4 aromatic carbocycles. The van der Waals surface area contributed by atoms with Crippen LogP contribution in [0.2, 0.25) is 0 Å². The fourth-order valence-electron chi connectivity index (χ4n) is 8.07. The maximum atomic E-state index is 13.3. The second-order valence-corrected chi connectivity index (χ2v) is 15.2. The fraction of sp³-hybridized carbons (Fsp3) is 0.250. The average molecular weight is 834 g/mol. The number of piperidine rings is 1. The van der Waals surface area contributed by atoms with Gasteiger partial charge in [-0.25, -0.2) is 4.68 Å². The van der Waals surface area contributed by atoms with Crippen molar-refractivity contribution in [3.05, 3.63) is 143 Å². The average Bonchev–Trinajstić information content (AvgIpc) is 3.98. The second-order valence-electron chi connectivity index (χ2n) is 15.2. The van der Waals surface area contributed by atoms with E-state index in [0.717, 1.165) is 56.1 Å². The number of pyridine rings is 1. The highest BCUT2D eigenvalue weighted by Crippen LogP contribution is 2.36. The van der Waals surface area contributed by atoms with Crippen LogP contribution in [0.1, 0.15) is 67.9 Å². The maximum absolute atomic E-state index is 13.3. The quantitative estimate of drug-likeness (QED) is 0.0821. The summed E-state index contributed by atoms with van der Waals surface area (Å²) in [6.07, 6.45) is 6.30. The van der Waals surface area contributed by atoms with Crippen molar-refractivity contribution in [1.29, 1.82) is 0 Å². The molecule has 14 nitrogen and oxygen atoms in total. The van der Waals surface area contributed by atoms with Gasteiger partial charge in [-0.3, -0.25) is 29.1 Å². The number of para-hydroxylation sites is 1. The SMILES string of the molecule is O=C1CCC(N2C(=O)c3cccc(OCCCOCCOc4ccccc4COc4ccc(-n5cc(-c6ccc7c(c6)CCC7=O)c(-c6ccncc6)n5)cc4)c3C2=O)C(O)N1. The van der Waals surface area contributed by atoms with E-state index in [4.69, 9.17) is 24.0 Å². The van der Waals surface area contributed by atoms with Gasteiger partial charge >= 0.3 is 0 Å². The Labute approximate surface area is 357 Å². The summed E-state index contributed by atoms with van der Waals surface area (Å²) >= 11 is 0. The van der Waals surface area contributed by atoms with Crippen molar-refractivity contribution < 1.29 is 43.2 Å². The highest BCUT2D eigenvalue weighted by molar-refractivity contribution is 6.23. The number of aliphatic hydroxyl groups excluding tert-OH is 1. The van der Waals surface area contributed by atoms with Crippen LogP contribution in [0, 0.1) is 0 Å². The third-order valence-corrected chi connectivity index (χ3v) is 11.2. The molecule has 62 heavy (non-hydrogen) atoms. The molecule has 2 N–H and O–H groups in total. The zero-order valence-corrected chi connectivity index (χ0v) is 33.7. The lowest BCUT2D eigenvalue weighted by molar-refractivity contribution is -0.129. The van der Waals surface area contributed by atoms with Crippen LogP contribution in [-0.2, 0) is 22.6 Å². The first-order valence-electron chi connectivity index (χ1n) is 20.6. The summed E-state index contributed by atoms with van der Waals surface area (Å²) in [6.45, 7) is 1.57. The van der Waals surface area contributed by atoms with Crippen LogP contribution in [0.25, 0.3) is 28.1 Å². The van der Waals surface area contributed by atoms with Crippen LogP contribution in [0.4, 0.5) is 0 Å². The molecule has 0 saturated carbocycles. The van der Waals surface area contributed by atoms with E-state index in [-0.39, 0.29) is 48.0 Å². The number of Topliss-reactive ketones (excluding diaryl/α,β-unsaturated/α-hetero) is 1. The summed E-state index contributed by atoms with van der Waals surface area (Å²) in [5.74, 6) is 0.445. The molecule has 6 aromatic rings. The van der Waals surface area contributed by atoms with E-state index in [1.165, 1.54) is 0 Å². The third-order valence-electron chi connectivity index (χ3n) is 11.2. The minimum Gasteiger partial charge on any atom is -0.493 e. The van der Waals surface area contributed by atoms with Crippen molar-refractivity contribution in [3.8, 4) is 45.3 Å². The number of aryl methyl sites for hydroxylation is 1. The number of hydrogen-bond acceptors (Lipinski definition) is 11. The third kappa shape index (κ3) is 8.29. The number of ketones is 1. The van der Waals surface area contributed by atoms with Gasteiger partial charge in [0, 0.05) is 66.7 Å². The Hall–Kier alpha value is -7.16. The summed E-state index contributed by atoms with van der Waals surface area (Å²) < 4.78 is 25.8. The molecule has 3 aliphatic rings. The van der Waals surface area contributed by atoms with Crippen LogP contribution >= 0.6 is 0 Å². The highest BCUT2D eigenvalue weighted by Gasteiger charge is 2.45. The number of benzene rings is 4. The number of carbonyl (C=O) groups excluding carboxylic acids is 4. The Morgan fingerprint density at radius 2 is 1.52 bits per heavy atom. The van der Waals surface area contributed by atoms with E-state index >= 15 is 0 Å². The lowest BCUT2D eigenvalue weighted by atomic mass is 9.98. The molecule has 14 heteroatoms. The number of aromatic nitrogens is 3. The molecule has 314 valence electrons. The monoisotopic (exact) mass is 833 g/mol. The number of amides is 3. The number of hydrogen-bond donors (Lipinski definition) is 2. The number of nitrogens with zero attached hydrogens (tertiary/aromatic N) is 4. The van der Waals surface area contributed by atoms with Crippen molar-refractivity contribution in [2.24, 2.45) is 0 Å². The first-order chi connectivity index (χ1) is 30.3. The summed E-state index contributed by atoms with van der Waals surface area (Å²) in [6, 6.07) is 29.3. The molecule has 9 rings (SSSR count). The van der Waals surface area contributed by atoms with Crippen molar-refractivity contribution in [1.82, 2.24) is 25.0 Å². The zero-order valence-electron chi connectivity index (χ0n) is 33.7. The minimum atomic E-state index is -1.33. The smallest absolute Gasteiger partial charge is 0.265 e. The van der Waals surface area contributed by atoms with Crippen LogP contribution in [-0.4, -0.2) is 87.0 Å². The van der Waals surface area contributed by atoms with Gasteiger partial charge in [0.2, 0.25) is 5.91 Å². The summed E-state index contributed by atoms with van der Waals surface area (Å²) in [7, 11) is 0. The van der Waals surface area contributed by atoms with Crippen molar-refractivity contribution in [3.63, 3.8) is 0 Å². The first kappa shape index (κ1) is 40.3. The van der Waals surface area contributed by atoms with Crippen LogP contribution < -0.4 is 19.5 Å². The molecule has 1 aliphatic carbocycles. The van der Waals surface area contributed by atoms with Crippen molar-refractivity contribution >= 4 is 23.5 Å². The molecule has 1 saturated heterocycles.